The van der Waals surface area contributed by atoms with Gasteiger partial charge in [-0.15, -0.1) is 0 Å². The summed E-state index contributed by atoms with van der Waals surface area (Å²) in [5.41, 5.74) is 2.06. The molecule has 0 spiro atoms. The average Bonchev–Trinajstić information content (AvgIpc) is 3.44. The Hall–Kier alpha value is -1.72. The Balaban J connectivity index is 1.37. The van der Waals surface area contributed by atoms with Gasteiger partial charge in [-0.1, -0.05) is 61.5 Å². The summed E-state index contributed by atoms with van der Waals surface area (Å²) in [7, 11) is -6.54. The molecule has 2 fully saturated rings. The van der Waals surface area contributed by atoms with E-state index in [4.69, 9.17) is 0 Å². The highest BCUT2D eigenvalue weighted by atomic mass is 32.2. The molecule has 4 unspecified atom stereocenters. The zero-order valence-corrected chi connectivity index (χ0v) is 21.6. The molecule has 5 nitrogen and oxygen atoms in total. The summed E-state index contributed by atoms with van der Waals surface area (Å²) in [6.45, 7) is 1.75. The summed E-state index contributed by atoms with van der Waals surface area (Å²) in [5.74, 6) is 1.29. The van der Waals surface area contributed by atoms with Crippen molar-refractivity contribution in [3.8, 4) is 11.1 Å². The highest BCUT2D eigenvalue weighted by Crippen LogP contribution is 2.50. The van der Waals surface area contributed by atoms with Crippen LogP contribution in [0.4, 0.5) is 0 Å². The van der Waals surface area contributed by atoms with Gasteiger partial charge in [-0.2, -0.15) is 0 Å². The fourth-order valence-corrected chi connectivity index (χ4v) is 7.97. The fourth-order valence-electron chi connectivity index (χ4n) is 5.62. The van der Waals surface area contributed by atoms with Crippen LogP contribution in [0.25, 0.3) is 11.1 Å². The molecular weight excluding hydrogens is 465 g/mol. The Bertz CT molecular complexity index is 1130. The molecular formula is C27H36NO4PS. The predicted molar refractivity (Wildman–Crippen MR) is 139 cm³/mol. The first kappa shape index (κ1) is 25.4. The maximum atomic E-state index is 13.2. The SMILES string of the molecule is CCP(=O)(O)CCC/C=C\CC1C(NS(=O)(=O)c2ccc(-c3ccccc3)cc2)C2CC[C@H]1C2. The minimum absolute atomic E-state index is 0.0278. The maximum Gasteiger partial charge on any atom is 0.240 e. The van der Waals surface area contributed by atoms with Crippen LogP contribution in [0.3, 0.4) is 0 Å². The third kappa shape index (κ3) is 6.09. The van der Waals surface area contributed by atoms with Gasteiger partial charge in [-0.3, -0.25) is 4.57 Å². The molecule has 2 bridgehead atoms. The zero-order chi connectivity index (χ0) is 24.2. The Kier molecular flexibility index (Phi) is 8.14. The van der Waals surface area contributed by atoms with E-state index in [0.29, 0.717) is 41.4 Å². The highest BCUT2D eigenvalue weighted by Gasteiger charge is 2.48. The second-order valence-electron chi connectivity index (χ2n) is 9.77. The first-order valence-electron chi connectivity index (χ1n) is 12.4. The quantitative estimate of drug-likeness (QED) is 0.223. The molecule has 184 valence electrons. The molecule has 0 radical (unpaired) electrons. The van der Waals surface area contributed by atoms with E-state index in [2.05, 4.69) is 16.9 Å². The standard InChI is InChI=1S/C27H36NO4PS/c1-2-33(29,30)19-9-4-3-8-12-26-23-13-14-24(20-23)27(26)28-34(31,32)25-17-15-22(16-18-25)21-10-6-5-7-11-21/h3,5-8,10-11,15-18,23-24,26-28H,2,4,9,12-14,19-20H2,1H3,(H,29,30)/b8-3-/t23-,24?,26?,27?/m0/s1. The van der Waals surface area contributed by atoms with Gasteiger partial charge in [-0.25, -0.2) is 13.1 Å². The number of allylic oxidation sites excluding steroid dienone is 2. The lowest BCUT2D eigenvalue weighted by Crippen LogP contribution is -2.43. The number of hydrogen-bond acceptors (Lipinski definition) is 3. The molecule has 0 heterocycles. The van der Waals surface area contributed by atoms with Gasteiger partial charge in [0, 0.05) is 18.4 Å². The van der Waals surface area contributed by atoms with Crippen molar-refractivity contribution in [2.24, 2.45) is 17.8 Å². The number of hydrogen-bond donors (Lipinski definition) is 2. The first-order chi connectivity index (χ1) is 16.3. The van der Waals surface area contributed by atoms with Crippen LogP contribution in [0.5, 0.6) is 0 Å². The van der Waals surface area contributed by atoms with Crippen molar-refractivity contribution < 1.29 is 17.9 Å². The van der Waals surface area contributed by atoms with Crippen LogP contribution in [-0.4, -0.2) is 31.7 Å². The maximum absolute atomic E-state index is 13.2. The molecule has 0 aliphatic heterocycles. The summed E-state index contributed by atoms with van der Waals surface area (Å²) in [5, 5.41) is 0. The molecule has 0 aromatic heterocycles. The van der Waals surface area contributed by atoms with Crippen molar-refractivity contribution in [1.29, 1.82) is 0 Å². The number of unbranched alkanes of at least 4 members (excludes halogenated alkanes) is 1. The molecule has 0 saturated heterocycles. The molecule has 2 aromatic rings. The topological polar surface area (TPSA) is 83.5 Å². The lowest BCUT2D eigenvalue weighted by molar-refractivity contribution is 0.274. The van der Waals surface area contributed by atoms with Crippen molar-refractivity contribution in [2.75, 3.05) is 12.3 Å². The van der Waals surface area contributed by atoms with Crippen LogP contribution in [0, 0.1) is 17.8 Å². The Morgan fingerprint density at radius 2 is 1.68 bits per heavy atom. The third-order valence-electron chi connectivity index (χ3n) is 7.60. The molecule has 2 N–H and O–H groups in total. The normalized spacial score (nSPS) is 26.2. The number of sulfonamides is 1. The monoisotopic (exact) mass is 501 g/mol. The van der Waals surface area contributed by atoms with Gasteiger partial charge in [0.1, 0.15) is 0 Å². The van der Waals surface area contributed by atoms with E-state index in [1.54, 1.807) is 19.1 Å². The van der Waals surface area contributed by atoms with Gasteiger partial charge in [0.2, 0.25) is 10.0 Å². The number of fused-ring (bicyclic) bond motifs is 2. The third-order valence-corrected chi connectivity index (χ3v) is 11.1. The molecule has 4 rings (SSSR count). The minimum Gasteiger partial charge on any atom is -0.344 e. The van der Waals surface area contributed by atoms with E-state index >= 15 is 0 Å². The number of nitrogens with one attached hydrogen (secondary N) is 1. The second-order valence-corrected chi connectivity index (χ2v) is 14.3. The average molecular weight is 502 g/mol. The van der Waals surface area contributed by atoms with Crippen molar-refractivity contribution in [3.63, 3.8) is 0 Å². The van der Waals surface area contributed by atoms with E-state index in [0.717, 1.165) is 36.8 Å². The number of rotatable bonds is 11. The first-order valence-corrected chi connectivity index (χ1v) is 15.9. The lowest BCUT2D eigenvalue weighted by Gasteiger charge is -2.31. The molecule has 0 amide bonds. The summed E-state index contributed by atoms with van der Waals surface area (Å²) < 4.78 is 41.3. The smallest absolute Gasteiger partial charge is 0.240 e. The molecule has 7 heteroatoms. The lowest BCUT2D eigenvalue weighted by atomic mass is 9.83. The molecule has 2 aromatic carbocycles. The summed E-state index contributed by atoms with van der Waals surface area (Å²) in [6.07, 6.45) is 10.7. The van der Waals surface area contributed by atoms with Gasteiger partial charge in [-0.05, 0) is 79.5 Å². The fraction of sp³-hybridized carbons (Fsp3) is 0.481. The van der Waals surface area contributed by atoms with Crippen molar-refractivity contribution in [2.45, 2.75) is 56.4 Å². The predicted octanol–water partition coefficient (Wildman–Crippen LogP) is 6.06. The van der Waals surface area contributed by atoms with E-state index in [1.807, 2.05) is 42.5 Å². The summed E-state index contributed by atoms with van der Waals surface area (Å²) in [6, 6.07) is 17.0. The Morgan fingerprint density at radius 3 is 2.38 bits per heavy atom. The van der Waals surface area contributed by atoms with Crippen LogP contribution in [0.15, 0.2) is 71.6 Å². The van der Waals surface area contributed by atoms with Crippen molar-refractivity contribution >= 4 is 17.4 Å². The molecule has 2 aliphatic carbocycles. The van der Waals surface area contributed by atoms with Gasteiger partial charge in [0.25, 0.3) is 0 Å². The van der Waals surface area contributed by atoms with E-state index in [-0.39, 0.29) is 6.04 Å². The van der Waals surface area contributed by atoms with Gasteiger partial charge < -0.3 is 4.89 Å². The highest BCUT2D eigenvalue weighted by molar-refractivity contribution is 7.89. The molecule has 2 saturated carbocycles. The van der Waals surface area contributed by atoms with Gasteiger partial charge >= 0.3 is 0 Å². The van der Waals surface area contributed by atoms with Gasteiger partial charge in [0.05, 0.1) is 4.90 Å². The second kappa shape index (κ2) is 10.9. The summed E-state index contributed by atoms with van der Waals surface area (Å²) in [4.78, 5) is 10.0. The largest absolute Gasteiger partial charge is 0.344 e. The van der Waals surface area contributed by atoms with Crippen LogP contribution in [-0.2, 0) is 14.6 Å². The van der Waals surface area contributed by atoms with Gasteiger partial charge in [0.15, 0.2) is 7.37 Å². The zero-order valence-electron chi connectivity index (χ0n) is 19.8. The Labute approximate surface area is 204 Å². The van der Waals surface area contributed by atoms with Crippen LogP contribution < -0.4 is 4.72 Å². The molecule has 34 heavy (non-hydrogen) atoms. The van der Waals surface area contributed by atoms with Crippen molar-refractivity contribution in [1.82, 2.24) is 4.72 Å². The Morgan fingerprint density at radius 1 is 1.00 bits per heavy atom. The summed E-state index contributed by atoms with van der Waals surface area (Å²) >= 11 is 0. The van der Waals surface area contributed by atoms with E-state index in [1.165, 1.54) is 6.42 Å². The van der Waals surface area contributed by atoms with Crippen LogP contribution >= 0.6 is 7.37 Å². The molecule has 5 atom stereocenters. The van der Waals surface area contributed by atoms with Crippen LogP contribution in [0.2, 0.25) is 0 Å². The van der Waals surface area contributed by atoms with Crippen LogP contribution in [0.1, 0.15) is 45.4 Å². The van der Waals surface area contributed by atoms with E-state index in [9.17, 15) is 17.9 Å². The molecule has 2 aliphatic rings. The minimum atomic E-state index is -3.59. The van der Waals surface area contributed by atoms with Crippen molar-refractivity contribution in [3.05, 3.63) is 66.7 Å². The number of benzene rings is 2. The van der Waals surface area contributed by atoms with E-state index < -0.39 is 17.4 Å².